The topological polar surface area (TPSA) is 78.9 Å². The molecule has 0 heterocycles. The predicted octanol–water partition coefficient (Wildman–Crippen LogP) is 21.1. The van der Waals surface area contributed by atoms with E-state index in [2.05, 4.69) is 106 Å². The molecule has 73 heavy (non-hydrogen) atoms. The van der Waals surface area contributed by atoms with Gasteiger partial charge in [0.05, 0.1) is 0 Å². The first kappa shape index (κ1) is 69.6. The molecule has 0 aliphatic carbocycles. The fraction of sp³-hybridized carbons (Fsp3) is 0.746. The Morgan fingerprint density at radius 3 is 0.890 bits per heavy atom. The van der Waals surface area contributed by atoms with E-state index >= 15 is 0 Å². The number of carbonyl (C=O) groups is 3. The van der Waals surface area contributed by atoms with Gasteiger partial charge in [-0.2, -0.15) is 0 Å². The monoisotopic (exact) mass is 1020 g/mol. The first-order valence-corrected chi connectivity index (χ1v) is 31.1. The number of hydrogen-bond donors (Lipinski definition) is 0. The summed E-state index contributed by atoms with van der Waals surface area (Å²) in [4.78, 5) is 38.1. The summed E-state index contributed by atoms with van der Waals surface area (Å²) in [6.45, 7) is 6.48. The second-order valence-electron chi connectivity index (χ2n) is 20.6. The van der Waals surface area contributed by atoms with Crippen molar-refractivity contribution in [2.24, 2.45) is 0 Å². The predicted molar refractivity (Wildman–Crippen MR) is 316 cm³/mol. The average Bonchev–Trinajstić information content (AvgIpc) is 3.39. The van der Waals surface area contributed by atoms with E-state index in [1.54, 1.807) is 0 Å². The molecule has 0 radical (unpaired) electrons. The molecule has 0 aromatic carbocycles. The zero-order chi connectivity index (χ0) is 52.9. The number of rotatable bonds is 56. The molecular formula is C67H116O6. The van der Waals surface area contributed by atoms with Crippen LogP contribution in [0.2, 0.25) is 0 Å². The lowest BCUT2D eigenvalue weighted by molar-refractivity contribution is -0.167. The summed E-state index contributed by atoms with van der Waals surface area (Å²) < 4.78 is 16.8. The third-order valence-electron chi connectivity index (χ3n) is 13.4. The van der Waals surface area contributed by atoms with E-state index < -0.39 is 6.10 Å². The zero-order valence-corrected chi connectivity index (χ0v) is 48.1. The van der Waals surface area contributed by atoms with Crippen LogP contribution in [0.15, 0.2) is 85.1 Å². The number of esters is 3. The number of unbranched alkanes of at least 4 members (excludes halogenated alkanes) is 31. The van der Waals surface area contributed by atoms with Gasteiger partial charge in [0.15, 0.2) is 6.10 Å². The van der Waals surface area contributed by atoms with Crippen molar-refractivity contribution in [1.29, 1.82) is 0 Å². The van der Waals surface area contributed by atoms with Gasteiger partial charge in [-0.05, 0) is 109 Å². The van der Waals surface area contributed by atoms with Crippen molar-refractivity contribution in [3.05, 3.63) is 85.1 Å². The first-order valence-electron chi connectivity index (χ1n) is 31.1. The Morgan fingerprint density at radius 2 is 0.548 bits per heavy atom. The van der Waals surface area contributed by atoms with Gasteiger partial charge in [0.1, 0.15) is 13.2 Å². The van der Waals surface area contributed by atoms with Gasteiger partial charge in [0.2, 0.25) is 0 Å². The van der Waals surface area contributed by atoms with E-state index in [4.69, 9.17) is 14.2 Å². The molecular weight excluding hydrogens is 901 g/mol. The second-order valence-corrected chi connectivity index (χ2v) is 20.6. The number of carbonyl (C=O) groups excluding carboxylic acids is 3. The van der Waals surface area contributed by atoms with Crippen LogP contribution in [0.25, 0.3) is 0 Å². The van der Waals surface area contributed by atoms with Gasteiger partial charge in [-0.1, -0.05) is 260 Å². The highest BCUT2D eigenvalue weighted by Crippen LogP contribution is 2.16. The maximum atomic E-state index is 12.8. The molecule has 420 valence electrons. The third kappa shape index (κ3) is 59.3. The van der Waals surface area contributed by atoms with Gasteiger partial charge in [0.25, 0.3) is 0 Å². The fourth-order valence-corrected chi connectivity index (χ4v) is 8.68. The molecule has 0 N–H and O–H groups in total. The van der Waals surface area contributed by atoms with Crippen molar-refractivity contribution in [3.8, 4) is 0 Å². The van der Waals surface area contributed by atoms with E-state index in [0.29, 0.717) is 19.3 Å². The average molecular weight is 1020 g/mol. The summed E-state index contributed by atoms with van der Waals surface area (Å²) in [5.74, 6) is -0.891. The van der Waals surface area contributed by atoms with Gasteiger partial charge >= 0.3 is 17.9 Å². The fourth-order valence-electron chi connectivity index (χ4n) is 8.68. The molecule has 0 rings (SSSR count). The van der Waals surface area contributed by atoms with E-state index in [0.717, 1.165) is 109 Å². The summed E-state index contributed by atoms with van der Waals surface area (Å²) in [7, 11) is 0. The molecule has 0 aromatic heterocycles. The van der Waals surface area contributed by atoms with Crippen LogP contribution in [-0.4, -0.2) is 37.2 Å². The Kier molecular flexibility index (Phi) is 58.3. The van der Waals surface area contributed by atoms with Crippen LogP contribution < -0.4 is 0 Å². The molecule has 0 aromatic rings. The summed E-state index contributed by atoms with van der Waals surface area (Å²) in [5, 5.41) is 0. The van der Waals surface area contributed by atoms with E-state index in [1.165, 1.54) is 154 Å². The maximum Gasteiger partial charge on any atom is 0.306 e. The highest BCUT2D eigenvalue weighted by molar-refractivity contribution is 5.71. The molecule has 0 fully saturated rings. The lowest BCUT2D eigenvalue weighted by Gasteiger charge is -2.18. The van der Waals surface area contributed by atoms with Crippen LogP contribution in [0.3, 0.4) is 0 Å². The standard InChI is InChI=1S/C67H116O6/c1-4-7-10-13-16-19-22-24-25-26-27-28-29-30-31-32-33-34-35-36-37-38-39-40-41-43-45-48-51-54-57-60-66(69)72-63-64(62-71-65(68)59-56-53-50-47-44-21-18-15-12-9-6-3)73-67(70)61-58-55-52-49-46-42-23-20-17-14-11-8-5-2/h7,10,15-16,18-20,23-25,27-28,30-31,64H,4-6,8-9,11-14,17,21-22,26,29,32-63H2,1-3H3/b10-7-,18-15-,19-16-,23-20-,25-24-,28-27-,31-30-. The van der Waals surface area contributed by atoms with Crippen LogP contribution in [0.4, 0.5) is 0 Å². The lowest BCUT2D eigenvalue weighted by atomic mass is 10.0. The Bertz CT molecular complexity index is 1400. The summed E-state index contributed by atoms with van der Waals surface area (Å²) in [5.41, 5.74) is 0. The largest absolute Gasteiger partial charge is 0.462 e. The van der Waals surface area contributed by atoms with Crippen molar-refractivity contribution in [1.82, 2.24) is 0 Å². The van der Waals surface area contributed by atoms with Crippen LogP contribution >= 0.6 is 0 Å². The van der Waals surface area contributed by atoms with Crippen molar-refractivity contribution in [3.63, 3.8) is 0 Å². The first-order chi connectivity index (χ1) is 36.0. The van der Waals surface area contributed by atoms with Crippen LogP contribution in [-0.2, 0) is 28.6 Å². The lowest BCUT2D eigenvalue weighted by Crippen LogP contribution is -2.30. The summed E-state index contributed by atoms with van der Waals surface area (Å²) >= 11 is 0. The molecule has 0 aliphatic rings. The number of hydrogen-bond acceptors (Lipinski definition) is 6. The van der Waals surface area contributed by atoms with Crippen LogP contribution in [0, 0.1) is 0 Å². The van der Waals surface area contributed by atoms with Crippen molar-refractivity contribution >= 4 is 17.9 Å². The summed E-state index contributed by atoms with van der Waals surface area (Å²) in [6, 6.07) is 0. The molecule has 0 aliphatic heterocycles. The van der Waals surface area contributed by atoms with Gasteiger partial charge in [-0.3, -0.25) is 14.4 Å². The van der Waals surface area contributed by atoms with Crippen LogP contribution in [0.5, 0.6) is 0 Å². The molecule has 0 saturated heterocycles. The molecule has 1 atom stereocenters. The Balaban J connectivity index is 4.13. The second kappa shape index (κ2) is 61.1. The maximum absolute atomic E-state index is 12.8. The number of allylic oxidation sites excluding steroid dienone is 14. The molecule has 0 spiro atoms. The van der Waals surface area contributed by atoms with E-state index in [9.17, 15) is 14.4 Å². The molecule has 0 saturated carbocycles. The Labute approximate surface area is 452 Å². The van der Waals surface area contributed by atoms with E-state index in [-0.39, 0.29) is 31.1 Å². The minimum Gasteiger partial charge on any atom is -0.462 e. The van der Waals surface area contributed by atoms with Crippen molar-refractivity contribution < 1.29 is 28.6 Å². The molecule has 6 heteroatoms. The van der Waals surface area contributed by atoms with Crippen molar-refractivity contribution in [2.75, 3.05) is 13.2 Å². The summed E-state index contributed by atoms with van der Waals surface area (Å²) in [6.07, 6.45) is 80.3. The normalized spacial score (nSPS) is 12.6. The van der Waals surface area contributed by atoms with Crippen LogP contribution in [0.1, 0.15) is 303 Å². The zero-order valence-electron chi connectivity index (χ0n) is 48.1. The molecule has 0 bridgehead atoms. The molecule has 1 unspecified atom stereocenters. The van der Waals surface area contributed by atoms with Gasteiger partial charge in [-0.25, -0.2) is 0 Å². The van der Waals surface area contributed by atoms with Gasteiger partial charge in [0, 0.05) is 19.3 Å². The highest BCUT2D eigenvalue weighted by atomic mass is 16.6. The quantitative estimate of drug-likeness (QED) is 0.0261. The molecule has 6 nitrogen and oxygen atoms in total. The Hall–Kier alpha value is -3.41. The van der Waals surface area contributed by atoms with Gasteiger partial charge < -0.3 is 14.2 Å². The minimum atomic E-state index is -0.782. The van der Waals surface area contributed by atoms with E-state index in [1.807, 2.05) is 0 Å². The molecule has 0 amide bonds. The minimum absolute atomic E-state index is 0.0801. The smallest absolute Gasteiger partial charge is 0.306 e. The Morgan fingerprint density at radius 1 is 0.288 bits per heavy atom. The van der Waals surface area contributed by atoms with Gasteiger partial charge in [-0.15, -0.1) is 0 Å². The SMILES string of the molecule is CC/C=C\C/C=C\C/C=C\C/C=C\C/C=C\CCCCCCCCCCCCCCCCCC(=O)OCC(COC(=O)CCCCCCC/C=C\CCCC)OC(=O)CCCCCCC/C=C\CCCCCC. The third-order valence-corrected chi connectivity index (χ3v) is 13.4. The number of ether oxygens (including phenoxy) is 3. The van der Waals surface area contributed by atoms with Crippen molar-refractivity contribution in [2.45, 2.75) is 309 Å². The highest BCUT2D eigenvalue weighted by Gasteiger charge is 2.19.